The zero-order valence-electron chi connectivity index (χ0n) is 14.1. The van der Waals surface area contributed by atoms with Crippen molar-refractivity contribution in [3.63, 3.8) is 0 Å². The van der Waals surface area contributed by atoms with E-state index in [0.717, 1.165) is 22.8 Å². The van der Waals surface area contributed by atoms with E-state index in [1.54, 1.807) is 0 Å². The summed E-state index contributed by atoms with van der Waals surface area (Å²) in [6.07, 6.45) is 0. The highest BCUT2D eigenvalue weighted by Gasteiger charge is 2.19. The third-order valence-corrected chi connectivity index (χ3v) is 7.04. The molecule has 0 aliphatic carbocycles. The molecule has 2 aromatic rings. The third-order valence-electron chi connectivity index (χ3n) is 3.93. The number of amides is 2. The average Bonchev–Trinajstić information content (AvgIpc) is 3.17. The molecule has 1 fully saturated rings. The Bertz CT molecular complexity index is 724. The summed E-state index contributed by atoms with van der Waals surface area (Å²) in [7, 11) is 0. The highest BCUT2D eigenvalue weighted by Crippen LogP contribution is 2.45. The van der Waals surface area contributed by atoms with Gasteiger partial charge in [0.2, 0.25) is 0 Å². The SMILES string of the molecule is Cc1cc(C(C)NC(=O)Nc2cccc(C3SCCS3)c2)c(C)o1. The Kier molecular flexibility index (Phi) is 5.46. The lowest BCUT2D eigenvalue weighted by Crippen LogP contribution is -2.31. The maximum Gasteiger partial charge on any atom is 0.319 e. The minimum absolute atomic E-state index is 0.105. The topological polar surface area (TPSA) is 54.3 Å². The van der Waals surface area contributed by atoms with E-state index in [4.69, 9.17) is 4.42 Å². The Balaban J connectivity index is 1.62. The number of rotatable bonds is 4. The Hall–Kier alpha value is -1.53. The molecule has 0 saturated carbocycles. The van der Waals surface area contributed by atoms with Crippen molar-refractivity contribution in [1.29, 1.82) is 0 Å². The second-order valence-corrected chi connectivity index (χ2v) is 8.61. The molecule has 0 radical (unpaired) electrons. The molecule has 1 atom stereocenters. The fraction of sp³-hybridized carbons (Fsp3) is 0.389. The summed E-state index contributed by atoms with van der Waals surface area (Å²) in [6, 6.07) is 9.77. The van der Waals surface area contributed by atoms with Gasteiger partial charge in [-0.15, -0.1) is 23.5 Å². The van der Waals surface area contributed by atoms with E-state index in [1.807, 2.05) is 62.5 Å². The van der Waals surface area contributed by atoms with Crippen LogP contribution in [-0.2, 0) is 0 Å². The number of nitrogens with one attached hydrogen (secondary N) is 2. The quantitative estimate of drug-likeness (QED) is 0.779. The normalized spacial score (nSPS) is 16.1. The van der Waals surface area contributed by atoms with Crippen LogP contribution in [0.5, 0.6) is 0 Å². The number of hydrogen-bond donors (Lipinski definition) is 2. The van der Waals surface area contributed by atoms with Crippen molar-refractivity contribution in [2.45, 2.75) is 31.4 Å². The van der Waals surface area contributed by atoms with E-state index in [1.165, 1.54) is 17.1 Å². The lowest BCUT2D eigenvalue weighted by atomic mass is 10.1. The maximum atomic E-state index is 12.3. The van der Waals surface area contributed by atoms with Crippen molar-refractivity contribution >= 4 is 35.2 Å². The first-order valence-corrected chi connectivity index (χ1v) is 10.1. The lowest BCUT2D eigenvalue weighted by molar-refractivity contribution is 0.249. The van der Waals surface area contributed by atoms with Gasteiger partial charge in [-0.25, -0.2) is 4.79 Å². The summed E-state index contributed by atoms with van der Waals surface area (Å²) in [4.78, 5) is 12.3. The van der Waals surface area contributed by atoms with Crippen LogP contribution in [0, 0.1) is 13.8 Å². The van der Waals surface area contributed by atoms with Crippen LogP contribution < -0.4 is 10.6 Å². The van der Waals surface area contributed by atoms with Crippen molar-refractivity contribution in [2.24, 2.45) is 0 Å². The molecule has 2 N–H and O–H groups in total. The molecule has 1 aromatic heterocycles. The lowest BCUT2D eigenvalue weighted by Gasteiger charge is -2.15. The Morgan fingerprint density at radius 2 is 2.00 bits per heavy atom. The molecule has 2 amide bonds. The van der Waals surface area contributed by atoms with Gasteiger partial charge < -0.3 is 15.1 Å². The molecule has 3 rings (SSSR count). The first-order chi connectivity index (χ1) is 11.5. The number of thioether (sulfide) groups is 2. The minimum Gasteiger partial charge on any atom is -0.466 e. The highest BCUT2D eigenvalue weighted by molar-refractivity contribution is 8.19. The van der Waals surface area contributed by atoms with Gasteiger partial charge in [0.15, 0.2) is 0 Å². The predicted molar refractivity (Wildman–Crippen MR) is 103 cm³/mol. The van der Waals surface area contributed by atoms with Crippen molar-refractivity contribution in [3.05, 3.63) is 53.0 Å². The largest absolute Gasteiger partial charge is 0.466 e. The summed E-state index contributed by atoms with van der Waals surface area (Å²) in [5.74, 6) is 4.08. The molecule has 0 bridgehead atoms. The second kappa shape index (κ2) is 7.57. The van der Waals surface area contributed by atoms with E-state index in [-0.39, 0.29) is 12.1 Å². The van der Waals surface area contributed by atoms with Crippen LogP contribution in [0.4, 0.5) is 10.5 Å². The maximum absolute atomic E-state index is 12.3. The summed E-state index contributed by atoms with van der Waals surface area (Å²) in [5.41, 5.74) is 3.09. The molecule has 6 heteroatoms. The number of aryl methyl sites for hydroxylation is 2. The molecule has 1 aliphatic rings. The number of carbonyl (C=O) groups is 1. The zero-order valence-corrected chi connectivity index (χ0v) is 15.7. The monoisotopic (exact) mass is 362 g/mol. The number of furan rings is 1. The molecule has 4 nitrogen and oxygen atoms in total. The first kappa shape index (κ1) is 17.3. The molecular weight excluding hydrogens is 340 g/mol. The molecular formula is C18H22N2O2S2. The predicted octanol–water partition coefficient (Wildman–Crippen LogP) is 5.26. The Morgan fingerprint density at radius 1 is 1.25 bits per heavy atom. The number of benzene rings is 1. The molecule has 24 heavy (non-hydrogen) atoms. The fourth-order valence-electron chi connectivity index (χ4n) is 2.84. The van der Waals surface area contributed by atoms with Crippen molar-refractivity contribution < 1.29 is 9.21 Å². The van der Waals surface area contributed by atoms with Crippen LogP contribution in [0.1, 0.15) is 40.2 Å². The molecule has 128 valence electrons. The molecule has 0 spiro atoms. The van der Waals surface area contributed by atoms with Gasteiger partial charge >= 0.3 is 6.03 Å². The molecule has 1 unspecified atom stereocenters. The average molecular weight is 363 g/mol. The van der Waals surface area contributed by atoms with Crippen LogP contribution >= 0.6 is 23.5 Å². The first-order valence-electron chi connectivity index (χ1n) is 8.00. The number of carbonyl (C=O) groups excluding carboxylic acids is 1. The summed E-state index contributed by atoms with van der Waals surface area (Å²) in [5, 5.41) is 5.90. The van der Waals surface area contributed by atoms with Crippen LogP contribution in [0.2, 0.25) is 0 Å². The van der Waals surface area contributed by atoms with Gasteiger partial charge in [0.1, 0.15) is 11.5 Å². The van der Waals surface area contributed by atoms with E-state index >= 15 is 0 Å². The summed E-state index contributed by atoms with van der Waals surface area (Å²) in [6.45, 7) is 5.78. The second-order valence-electron chi connectivity index (χ2n) is 5.89. The van der Waals surface area contributed by atoms with Gasteiger partial charge in [-0.1, -0.05) is 12.1 Å². The number of anilines is 1. The van der Waals surface area contributed by atoms with Gasteiger partial charge in [-0.3, -0.25) is 0 Å². The fourth-order valence-corrected chi connectivity index (χ4v) is 5.67. The number of urea groups is 1. The smallest absolute Gasteiger partial charge is 0.319 e. The van der Waals surface area contributed by atoms with E-state index < -0.39 is 0 Å². The van der Waals surface area contributed by atoms with Gasteiger partial charge in [0.25, 0.3) is 0 Å². The standard InChI is InChI=1S/C18H22N2O2S2/c1-11-9-16(13(3)22-11)12(2)19-18(21)20-15-6-4-5-14(10-15)17-23-7-8-24-17/h4-6,9-10,12,17H,7-8H2,1-3H3,(H2,19,20,21). The summed E-state index contributed by atoms with van der Waals surface area (Å²) < 4.78 is 6.01. The highest BCUT2D eigenvalue weighted by atomic mass is 32.2. The van der Waals surface area contributed by atoms with Crippen molar-refractivity contribution in [3.8, 4) is 0 Å². The van der Waals surface area contributed by atoms with Crippen LogP contribution in [0.15, 0.2) is 34.7 Å². The van der Waals surface area contributed by atoms with Crippen molar-refractivity contribution in [1.82, 2.24) is 5.32 Å². The molecule has 2 heterocycles. The van der Waals surface area contributed by atoms with Crippen LogP contribution in [0.3, 0.4) is 0 Å². The summed E-state index contributed by atoms with van der Waals surface area (Å²) >= 11 is 3.92. The van der Waals surface area contributed by atoms with E-state index in [9.17, 15) is 4.79 Å². The van der Waals surface area contributed by atoms with Crippen molar-refractivity contribution in [2.75, 3.05) is 16.8 Å². The third kappa shape index (κ3) is 4.11. The van der Waals surface area contributed by atoms with Crippen LogP contribution in [-0.4, -0.2) is 17.5 Å². The van der Waals surface area contributed by atoms with E-state index in [2.05, 4.69) is 22.8 Å². The molecule has 1 aromatic carbocycles. The van der Waals surface area contributed by atoms with Gasteiger partial charge in [0, 0.05) is 22.8 Å². The number of hydrogen-bond acceptors (Lipinski definition) is 4. The Labute approximate surface area is 151 Å². The Morgan fingerprint density at radius 3 is 2.67 bits per heavy atom. The molecule has 1 aliphatic heterocycles. The van der Waals surface area contributed by atoms with Gasteiger partial charge in [0.05, 0.1) is 10.6 Å². The van der Waals surface area contributed by atoms with Gasteiger partial charge in [-0.2, -0.15) is 0 Å². The molecule has 1 saturated heterocycles. The zero-order chi connectivity index (χ0) is 17.1. The van der Waals surface area contributed by atoms with E-state index in [0.29, 0.717) is 4.58 Å². The van der Waals surface area contributed by atoms with Gasteiger partial charge in [-0.05, 0) is 44.5 Å². The van der Waals surface area contributed by atoms with Crippen LogP contribution in [0.25, 0.3) is 0 Å². The minimum atomic E-state index is -0.204.